The fourth-order valence-electron chi connectivity index (χ4n) is 2.29. The minimum absolute atomic E-state index is 0.190. The number of aromatic nitrogens is 1. The van der Waals surface area contributed by atoms with Gasteiger partial charge in [-0.3, -0.25) is 4.79 Å². The third-order valence-electron chi connectivity index (χ3n) is 3.15. The summed E-state index contributed by atoms with van der Waals surface area (Å²) in [5.74, 6) is -1.10. The Morgan fingerprint density at radius 2 is 2.11 bits per heavy atom. The summed E-state index contributed by atoms with van der Waals surface area (Å²) in [7, 11) is 0. The largest absolute Gasteiger partial charge is 0.480 e. The van der Waals surface area contributed by atoms with Crippen molar-refractivity contribution in [2.75, 3.05) is 6.54 Å². The number of carbonyl (C=O) groups excluding carboxylic acids is 1. The third kappa shape index (κ3) is 2.38. The fourth-order valence-corrected chi connectivity index (χ4v) is 3.17. The van der Waals surface area contributed by atoms with Gasteiger partial charge < -0.3 is 10.0 Å². The molecule has 1 N–H and O–H groups in total. The average molecular weight is 268 g/mol. The van der Waals surface area contributed by atoms with Crippen molar-refractivity contribution in [3.05, 3.63) is 15.6 Å². The predicted molar refractivity (Wildman–Crippen MR) is 67.9 cm³/mol. The molecule has 0 aliphatic carbocycles. The molecule has 1 saturated heterocycles. The van der Waals surface area contributed by atoms with E-state index in [-0.39, 0.29) is 5.91 Å². The highest BCUT2D eigenvalue weighted by molar-refractivity contribution is 7.13. The lowest BCUT2D eigenvalue weighted by Crippen LogP contribution is -2.47. The number of carbonyl (C=O) groups is 2. The zero-order chi connectivity index (χ0) is 13.3. The molecule has 0 spiro atoms. The minimum Gasteiger partial charge on any atom is -0.480 e. The number of hydrogen-bond donors (Lipinski definition) is 1. The molecule has 1 atom stereocenters. The van der Waals surface area contributed by atoms with Crippen LogP contribution in [0.5, 0.6) is 0 Å². The molecule has 1 amide bonds. The van der Waals surface area contributed by atoms with E-state index in [2.05, 4.69) is 4.98 Å². The van der Waals surface area contributed by atoms with E-state index in [9.17, 15) is 14.7 Å². The topological polar surface area (TPSA) is 70.5 Å². The zero-order valence-corrected chi connectivity index (χ0v) is 11.3. The molecular formula is C12H16N2O3S. The zero-order valence-electron chi connectivity index (χ0n) is 10.5. The van der Waals surface area contributed by atoms with E-state index in [4.69, 9.17) is 0 Å². The maximum absolute atomic E-state index is 12.4. The van der Waals surface area contributed by atoms with Gasteiger partial charge in [-0.05, 0) is 33.1 Å². The van der Waals surface area contributed by atoms with Crippen molar-refractivity contribution in [3.8, 4) is 0 Å². The van der Waals surface area contributed by atoms with E-state index >= 15 is 0 Å². The predicted octanol–water partition coefficient (Wildman–Crippen LogP) is 1.84. The van der Waals surface area contributed by atoms with Gasteiger partial charge in [0.1, 0.15) is 10.9 Å². The molecule has 0 radical (unpaired) electrons. The van der Waals surface area contributed by atoms with Gasteiger partial charge >= 0.3 is 5.97 Å². The van der Waals surface area contributed by atoms with Crippen LogP contribution >= 0.6 is 11.3 Å². The highest BCUT2D eigenvalue weighted by Gasteiger charge is 2.33. The number of piperidine rings is 1. The van der Waals surface area contributed by atoms with E-state index in [0.717, 1.165) is 17.8 Å². The first-order chi connectivity index (χ1) is 8.50. The number of carboxylic acids is 1. The van der Waals surface area contributed by atoms with Crippen LogP contribution in [0.2, 0.25) is 0 Å². The van der Waals surface area contributed by atoms with Gasteiger partial charge in [-0.15, -0.1) is 11.3 Å². The smallest absolute Gasteiger partial charge is 0.326 e. The molecule has 0 unspecified atom stereocenters. The molecule has 0 bridgehead atoms. The molecule has 0 aromatic carbocycles. The van der Waals surface area contributed by atoms with Crippen LogP contribution in [0, 0.1) is 13.8 Å². The number of aliphatic carboxylic acids is 1. The second-order valence-corrected chi connectivity index (χ2v) is 5.70. The lowest BCUT2D eigenvalue weighted by Gasteiger charge is -2.32. The molecule has 1 aliphatic rings. The molecular weight excluding hydrogens is 252 g/mol. The maximum atomic E-state index is 12.4. The Hall–Kier alpha value is -1.43. The third-order valence-corrected chi connectivity index (χ3v) is 4.21. The Bertz CT molecular complexity index is 484. The number of rotatable bonds is 2. The molecule has 1 aliphatic heterocycles. The van der Waals surface area contributed by atoms with Crippen molar-refractivity contribution < 1.29 is 14.7 Å². The first-order valence-electron chi connectivity index (χ1n) is 5.98. The van der Waals surface area contributed by atoms with Gasteiger partial charge in [-0.1, -0.05) is 0 Å². The fraction of sp³-hybridized carbons (Fsp3) is 0.583. The van der Waals surface area contributed by atoms with E-state index in [0.29, 0.717) is 23.5 Å². The summed E-state index contributed by atoms with van der Waals surface area (Å²) < 4.78 is 0. The van der Waals surface area contributed by atoms with Gasteiger partial charge in [-0.25, -0.2) is 9.78 Å². The normalized spacial score (nSPS) is 19.9. The molecule has 1 fully saturated rings. The number of hydrogen-bond acceptors (Lipinski definition) is 4. The maximum Gasteiger partial charge on any atom is 0.326 e. The Labute approximate surface area is 109 Å². The van der Waals surface area contributed by atoms with Gasteiger partial charge in [0.25, 0.3) is 5.91 Å². The lowest BCUT2D eigenvalue weighted by atomic mass is 10.0. The van der Waals surface area contributed by atoms with Gasteiger partial charge in [0, 0.05) is 6.54 Å². The minimum atomic E-state index is -0.915. The molecule has 2 rings (SSSR count). The van der Waals surface area contributed by atoms with Crippen LogP contribution in [-0.2, 0) is 4.79 Å². The van der Waals surface area contributed by atoms with Crippen molar-refractivity contribution in [2.45, 2.75) is 39.2 Å². The van der Waals surface area contributed by atoms with Crippen LogP contribution in [0.3, 0.4) is 0 Å². The number of nitrogens with zero attached hydrogens (tertiary/aromatic N) is 2. The second-order valence-electron chi connectivity index (χ2n) is 4.50. The van der Waals surface area contributed by atoms with Gasteiger partial charge in [0.2, 0.25) is 0 Å². The van der Waals surface area contributed by atoms with E-state index in [1.54, 1.807) is 6.92 Å². The Kier molecular flexibility index (Phi) is 3.65. The molecule has 18 heavy (non-hydrogen) atoms. The van der Waals surface area contributed by atoms with Crippen LogP contribution in [-0.4, -0.2) is 39.5 Å². The lowest BCUT2D eigenvalue weighted by molar-refractivity contribution is -0.143. The monoisotopic (exact) mass is 268 g/mol. The molecule has 2 heterocycles. The number of thiazole rings is 1. The van der Waals surface area contributed by atoms with Crippen molar-refractivity contribution in [1.29, 1.82) is 0 Å². The summed E-state index contributed by atoms with van der Waals surface area (Å²) >= 11 is 1.33. The second kappa shape index (κ2) is 5.06. The SMILES string of the molecule is Cc1nc(C)c(C(=O)N2CCCC[C@@H]2C(=O)O)s1. The highest BCUT2D eigenvalue weighted by Crippen LogP contribution is 2.24. The van der Waals surface area contributed by atoms with Crippen molar-refractivity contribution >= 4 is 23.2 Å². The van der Waals surface area contributed by atoms with Crippen LogP contribution in [0.4, 0.5) is 0 Å². The molecule has 1 aromatic rings. The molecule has 5 nitrogen and oxygen atoms in total. The quantitative estimate of drug-likeness (QED) is 0.888. The van der Waals surface area contributed by atoms with Gasteiger partial charge in [0.15, 0.2) is 0 Å². The summed E-state index contributed by atoms with van der Waals surface area (Å²) in [5, 5.41) is 10.0. The summed E-state index contributed by atoms with van der Waals surface area (Å²) in [6, 6.07) is -0.687. The van der Waals surface area contributed by atoms with Crippen molar-refractivity contribution in [3.63, 3.8) is 0 Å². The van der Waals surface area contributed by atoms with Crippen LogP contribution in [0.15, 0.2) is 0 Å². The van der Waals surface area contributed by atoms with Crippen LogP contribution < -0.4 is 0 Å². The van der Waals surface area contributed by atoms with Crippen molar-refractivity contribution in [1.82, 2.24) is 9.88 Å². The highest BCUT2D eigenvalue weighted by atomic mass is 32.1. The van der Waals surface area contributed by atoms with E-state index in [1.807, 2.05) is 6.92 Å². The number of carboxylic acid groups (broad SMARTS) is 1. The number of amides is 1. The van der Waals surface area contributed by atoms with Gasteiger partial charge in [0.05, 0.1) is 10.7 Å². The summed E-state index contributed by atoms with van der Waals surface area (Å²) in [4.78, 5) is 29.8. The van der Waals surface area contributed by atoms with Crippen LogP contribution in [0.25, 0.3) is 0 Å². The standard InChI is InChI=1S/C12H16N2O3S/c1-7-10(18-8(2)13-7)11(15)14-6-4-3-5-9(14)12(16)17/h9H,3-6H2,1-2H3,(H,16,17)/t9-/m1/s1. The number of likely N-dealkylation sites (tertiary alicyclic amines) is 1. The van der Waals surface area contributed by atoms with Crippen LogP contribution in [0.1, 0.15) is 39.6 Å². The van der Waals surface area contributed by atoms with Gasteiger partial charge in [-0.2, -0.15) is 0 Å². The Morgan fingerprint density at radius 1 is 1.39 bits per heavy atom. The summed E-state index contributed by atoms with van der Waals surface area (Å²) in [6.45, 7) is 4.15. The first kappa shape index (κ1) is 13.0. The van der Waals surface area contributed by atoms with E-state index in [1.165, 1.54) is 16.2 Å². The molecule has 1 aromatic heterocycles. The average Bonchev–Trinajstić information content (AvgIpc) is 2.67. The molecule has 98 valence electrons. The van der Waals surface area contributed by atoms with E-state index < -0.39 is 12.0 Å². The summed E-state index contributed by atoms with van der Waals surface area (Å²) in [6.07, 6.45) is 2.27. The molecule has 0 saturated carbocycles. The number of aryl methyl sites for hydroxylation is 2. The first-order valence-corrected chi connectivity index (χ1v) is 6.80. The molecule has 6 heteroatoms. The Balaban J connectivity index is 2.26. The Morgan fingerprint density at radius 3 is 2.67 bits per heavy atom. The van der Waals surface area contributed by atoms with Crippen molar-refractivity contribution in [2.24, 2.45) is 0 Å². The summed E-state index contributed by atoms with van der Waals surface area (Å²) in [5.41, 5.74) is 0.692.